The van der Waals surface area contributed by atoms with Gasteiger partial charge in [0.1, 0.15) is 12.7 Å². The fourth-order valence-corrected chi connectivity index (χ4v) is 2.21. The van der Waals surface area contributed by atoms with Crippen LogP contribution in [0.1, 0.15) is 27.7 Å². The van der Waals surface area contributed by atoms with Crippen LogP contribution < -0.4 is 0 Å². The monoisotopic (exact) mass is 274 g/mol. The van der Waals surface area contributed by atoms with Gasteiger partial charge >= 0.3 is 11.9 Å². The number of carbonyl (C=O) groups excluding carboxylic acids is 2. The highest BCUT2D eigenvalue weighted by atomic mass is 16.8. The van der Waals surface area contributed by atoms with Crippen LogP contribution in [0.3, 0.4) is 0 Å². The molecular formula is C12H18O7. The van der Waals surface area contributed by atoms with E-state index < -0.39 is 42.3 Å². The van der Waals surface area contributed by atoms with Crippen LogP contribution in [0.2, 0.25) is 0 Å². The molecule has 2 aliphatic heterocycles. The molecule has 2 aliphatic rings. The average molecular weight is 274 g/mol. The maximum atomic E-state index is 11.2. The van der Waals surface area contributed by atoms with E-state index >= 15 is 0 Å². The minimum Gasteiger partial charge on any atom is -0.463 e. The summed E-state index contributed by atoms with van der Waals surface area (Å²) in [6.07, 6.45) is -2.37. The van der Waals surface area contributed by atoms with Crippen LogP contribution in [0.15, 0.2) is 0 Å². The number of ether oxygens (including phenoxy) is 5. The Balaban J connectivity index is 2.05. The molecule has 7 heteroatoms. The van der Waals surface area contributed by atoms with Crippen LogP contribution in [0.5, 0.6) is 0 Å². The second kappa shape index (κ2) is 5.07. The molecule has 0 amide bonds. The number of hydrogen-bond acceptors (Lipinski definition) is 7. The summed E-state index contributed by atoms with van der Waals surface area (Å²) in [5.74, 6) is -1.67. The van der Waals surface area contributed by atoms with E-state index in [9.17, 15) is 9.59 Å². The molecule has 0 aromatic rings. The van der Waals surface area contributed by atoms with E-state index in [0.29, 0.717) is 0 Å². The van der Waals surface area contributed by atoms with Crippen molar-refractivity contribution in [2.24, 2.45) is 0 Å². The molecular weight excluding hydrogens is 256 g/mol. The second-order valence-electron chi connectivity index (χ2n) is 5.02. The van der Waals surface area contributed by atoms with Crippen molar-refractivity contribution in [2.75, 3.05) is 6.61 Å². The summed E-state index contributed by atoms with van der Waals surface area (Å²) in [5.41, 5.74) is 0. The van der Waals surface area contributed by atoms with Gasteiger partial charge in [-0.25, -0.2) is 0 Å². The van der Waals surface area contributed by atoms with Crippen molar-refractivity contribution in [2.45, 2.75) is 58.1 Å². The molecule has 2 rings (SSSR count). The number of carbonyl (C=O) groups is 2. The van der Waals surface area contributed by atoms with Gasteiger partial charge in [-0.05, 0) is 13.8 Å². The SMILES string of the molecule is CC(=O)OC[C@H]1O[C@@H]2OC(C)(C)O[C@@H]2[C@@H]1OC(C)=O. The molecule has 0 aromatic carbocycles. The Morgan fingerprint density at radius 3 is 2.42 bits per heavy atom. The summed E-state index contributed by atoms with van der Waals surface area (Å²) < 4.78 is 26.9. The first-order chi connectivity index (χ1) is 8.78. The zero-order valence-electron chi connectivity index (χ0n) is 11.4. The third-order valence-electron chi connectivity index (χ3n) is 2.84. The fraction of sp³-hybridized carbons (Fsp3) is 0.833. The molecule has 0 spiro atoms. The molecule has 0 saturated carbocycles. The highest BCUT2D eigenvalue weighted by Gasteiger charge is 2.56. The topological polar surface area (TPSA) is 80.3 Å². The third kappa shape index (κ3) is 3.23. The van der Waals surface area contributed by atoms with Crippen LogP contribution in [-0.2, 0) is 33.3 Å². The molecule has 2 saturated heterocycles. The van der Waals surface area contributed by atoms with Gasteiger partial charge in [-0.15, -0.1) is 0 Å². The first-order valence-electron chi connectivity index (χ1n) is 6.10. The summed E-state index contributed by atoms with van der Waals surface area (Å²) in [5, 5.41) is 0. The lowest BCUT2D eigenvalue weighted by atomic mass is 10.1. The molecule has 108 valence electrons. The number of hydrogen-bond donors (Lipinski definition) is 0. The van der Waals surface area contributed by atoms with E-state index in [2.05, 4.69) is 0 Å². The summed E-state index contributed by atoms with van der Waals surface area (Å²) in [6, 6.07) is 0. The van der Waals surface area contributed by atoms with Gasteiger partial charge in [0.15, 0.2) is 24.3 Å². The van der Waals surface area contributed by atoms with Gasteiger partial charge in [-0.3, -0.25) is 9.59 Å². The Morgan fingerprint density at radius 2 is 1.84 bits per heavy atom. The quantitative estimate of drug-likeness (QED) is 0.687. The molecule has 7 nitrogen and oxygen atoms in total. The van der Waals surface area contributed by atoms with Crippen LogP contribution >= 0.6 is 0 Å². The van der Waals surface area contributed by atoms with Crippen LogP contribution in [-0.4, -0.2) is 48.9 Å². The molecule has 0 aromatic heterocycles. The summed E-state index contributed by atoms with van der Waals surface area (Å²) in [4.78, 5) is 22.0. The van der Waals surface area contributed by atoms with Gasteiger partial charge < -0.3 is 23.7 Å². The van der Waals surface area contributed by atoms with Crippen molar-refractivity contribution >= 4 is 11.9 Å². The minimum atomic E-state index is -0.792. The maximum Gasteiger partial charge on any atom is 0.303 e. The smallest absolute Gasteiger partial charge is 0.303 e. The Labute approximate surface area is 111 Å². The van der Waals surface area contributed by atoms with Crippen molar-refractivity contribution < 1.29 is 33.3 Å². The Kier molecular flexibility index (Phi) is 3.80. The molecule has 2 fully saturated rings. The lowest BCUT2D eigenvalue weighted by Crippen LogP contribution is -2.40. The standard InChI is InChI=1S/C12H18O7/c1-6(13)15-5-8-9(16-7(2)14)10-11(17-8)19-12(3,4)18-10/h8-11H,5H2,1-4H3/t8-,9-,10-,11-/m1/s1. The normalized spacial score (nSPS) is 35.8. The lowest BCUT2D eigenvalue weighted by Gasteiger charge is -2.25. The Morgan fingerprint density at radius 1 is 1.16 bits per heavy atom. The van der Waals surface area contributed by atoms with Crippen molar-refractivity contribution in [3.05, 3.63) is 0 Å². The zero-order valence-corrected chi connectivity index (χ0v) is 11.4. The predicted octanol–water partition coefficient (Wildman–Crippen LogP) is 0.358. The Bertz CT molecular complexity index is 378. The first-order valence-corrected chi connectivity index (χ1v) is 6.10. The molecule has 0 bridgehead atoms. The second-order valence-corrected chi connectivity index (χ2v) is 5.02. The van der Waals surface area contributed by atoms with E-state index in [-0.39, 0.29) is 6.61 Å². The number of fused-ring (bicyclic) bond motifs is 1. The van der Waals surface area contributed by atoms with E-state index in [1.165, 1.54) is 13.8 Å². The van der Waals surface area contributed by atoms with Gasteiger partial charge in [-0.1, -0.05) is 0 Å². The van der Waals surface area contributed by atoms with Crippen molar-refractivity contribution in [3.8, 4) is 0 Å². The molecule has 19 heavy (non-hydrogen) atoms. The zero-order chi connectivity index (χ0) is 14.2. The summed E-state index contributed by atoms with van der Waals surface area (Å²) in [6.45, 7) is 6.10. The lowest BCUT2D eigenvalue weighted by molar-refractivity contribution is -0.223. The van der Waals surface area contributed by atoms with E-state index in [0.717, 1.165) is 0 Å². The predicted molar refractivity (Wildman–Crippen MR) is 60.9 cm³/mol. The molecule has 2 heterocycles. The molecule has 0 N–H and O–H groups in total. The van der Waals surface area contributed by atoms with Gasteiger partial charge in [0.05, 0.1) is 0 Å². The highest BCUT2D eigenvalue weighted by molar-refractivity contribution is 5.66. The van der Waals surface area contributed by atoms with Gasteiger partial charge in [0, 0.05) is 13.8 Å². The van der Waals surface area contributed by atoms with Gasteiger partial charge in [-0.2, -0.15) is 0 Å². The van der Waals surface area contributed by atoms with Crippen LogP contribution in [0.25, 0.3) is 0 Å². The molecule has 0 aliphatic carbocycles. The van der Waals surface area contributed by atoms with E-state index in [1.807, 2.05) is 0 Å². The molecule has 4 atom stereocenters. The number of esters is 2. The van der Waals surface area contributed by atoms with E-state index in [1.54, 1.807) is 13.8 Å². The van der Waals surface area contributed by atoms with Crippen LogP contribution in [0.4, 0.5) is 0 Å². The third-order valence-corrected chi connectivity index (χ3v) is 2.84. The number of rotatable bonds is 3. The van der Waals surface area contributed by atoms with E-state index in [4.69, 9.17) is 23.7 Å². The Hall–Kier alpha value is -1.18. The minimum absolute atomic E-state index is 0.00652. The first kappa shape index (κ1) is 14.2. The highest BCUT2D eigenvalue weighted by Crippen LogP contribution is 2.38. The summed E-state index contributed by atoms with van der Waals surface area (Å²) >= 11 is 0. The van der Waals surface area contributed by atoms with Crippen molar-refractivity contribution in [3.63, 3.8) is 0 Å². The van der Waals surface area contributed by atoms with Crippen molar-refractivity contribution in [1.29, 1.82) is 0 Å². The van der Waals surface area contributed by atoms with Gasteiger partial charge in [0.25, 0.3) is 0 Å². The molecule has 0 unspecified atom stereocenters. The van der Waals surface area contributed by atoms with Gasteiger partial charge in [0.2, 0.25) is 0 Å². The van der Waals surface area contributed by atoms with Crippen LogP contribution in [0, 0.1) is 0 Å². The molecule has 0 radical (unpaired) electrons. The fourth-order valence-electron chi connectivity index (χ4n) is 2.21. The van der Waals surface area contributed by atoms with Crippen molar-refractivity contribution in [1.82, 2.24) is 0 Å². The largest absolute Gasteiger partial charge is 0.463 e. The average Bonchev–Trinajstić information content (AvgIpc) is 2.69. The summed E-state index contributed by atoms with van der Waals surface area (Å²) in [7, 11) is 0. The maximum absolute atomic E-state index is 11.2.